The molecule has 2 rings (SSSR count). The van der Waals surface area contributed by atoms with Crippen LogP contribution < -0.4 is 10.0 Å². The molecule has 0 amide bonds. The van der Waals surface area contributed by atoms with Gasteiger partial charge in [-0.15, -0.1) is 0 Å². The van der Waals surface area contributed by atoms with E-state index in [1.54, 1.807) is 25.5 Å². The summed E-state index contributed by atoms with van der Waals surface area (Å²) in [5, 5.41) is 2.77. The summed E-state index contributed by atoms with van der Waals surface area (Å²) in [4.78, 5) is 8.28. The summed E-state index contributed by atoms with van der Waals surface area (Å²) in [7, 11) is -0.0749. The van der Waals surface area contributed by atoms with Gasteiger partial charge in [0.15, 0.2) is 0 Å². The fraction of sp³-hybridized carbons (Fsp3) is 0.333. The number of aryl methyl sites for hydroxylation is 1. The molecule has 2 N–H and O–H groups in total. The van der Waals surface area contributed by atoms with Crippen LogP contribution in [0, 0.1) is 0 Å². The number of aromatic nitrogens is 3. The first-order chi connectivity index (χ1) is 9.54. The van der Waals surface area contributed by atoms with Crippen LogP contribution in [0.2, 0.25) is 0 Å². The summed E-state index contributed by atoms with van der Waals surface area (Å²) in [6, 6.07) is 3.11. The lowest BCUT2D eigenvalue weighted by atomic mass is 10.4. The summed E-state index contributed by atoms with van der Waals surface area (Å²) in [5.41, 5.74) is 0. The molecule has 0 unspecified atom stereocenters. The van der Waals surface area contributed by atoms with E-state index < -0.39 is 10.0 Å². The van der Waals surface area contributed by atoms with E-state index in [-0.39, 0.29) is 11.4 Å². The van der Waals surface area contributed by atoms with Gasteiger partial charge in [0.05, 0.1) is 0 Å². The zero-order valence-electron chi connectivity index (χ0n) is 11.4. The van der Waals surface area contributed by atoms with Gasteiger partial charge in [0.1, 0.15) is 16.5 Å². The van der Waals surface area contributed by atoms with Crippen molar-refractivity contribution in [3.63, 3.8) is 0 Å². The molecule has 0 aliphatic carbocycles. The molecule has 0 fully saturated rings. The number of rotatable bonds is 6. The van der Waals surface area contributed by atoms with Crippen molar-refractivity contribution in [1.82, 2.24) is 19.3 Å². The largest absolute Gasteiger partial charge is 0.372 e. The van der Waals surface area contributed by atoms with Gasteiger partial charge in [-0.05, 0) is 12.1 Å². The van der Waals surface area contributed by atoms with Crippen LogP contribution >= 0.6 is 0 Å². The Bertz CT molecular complexity index is 681. The second-order valence-electron chi connectivity index (χ2n) is 4.20. The lowest BCUT2D eigenvalue weighted by Gasteiger charge is -2.10. The average molecular weight is 295 g/mol. The maximum Gasteiger partial charge on any atom is 0.244 e. The van der Waals surface area contributed by atoms with Gasteiger partial charge in [-0.2, -0.15) is 0 Å². The molecule has 0 atom stereocenters. The van der Waals surface area contributed by atoms with Crippen molar-refractivity contribution in [2.45, 2.75) is 11.3 Å². The highest BCUT2D eigenvalue weighted by Crippen LogP contribution is 2.16. The molecule has 8 heteroatoms. The molecule has 0 radical (unpaired) electrons. The number of hydrogen-bond donors (Lipinski definition) is 2. The van der Waals surface area contributed by atoms with Crippen molar-refractivity contribution < 1.29 is 8.42 Å². The number of pyridine rings is 1. The Morgan fingerprint density at radius 2 is 2.10 bits per heavy atom. The van der Waals surface area contributed by atoms with E-state index in [1.165, 1.54) is 6.07 Å². The first-order valence-electron chi connectivity index (χ1n) is 6.13. The highest BCUT2D eigenvalue weighted by molar-refractivity contribution is 7.89. The number of imidazole rings is 1. The monoisotopic (exact) mass is 295 g/mol. The van der Waals surface area contributed by atoms with Gasteiger partial charge < -0.3 is 9.88 Å². The third-order valence-corrected chi connectivity index (χ3v) is 4.35. The lowest BCUT2D eigenvalue weighted by molar-refractivity contribution is 0.580. The summed E-state index contributed by atoms with van der Waals surface area (Å²) >= 11 is 0. The molecular formula is C12H17N5O2S. The second kappa shape index (κ2) is 6.02. The van der Waals surface area contributed by atoms with Crippen LogP contribution in [-0.4, -0.2) is 36.5 Å². The Balaban J connectivity index is 2.06. The van der Waals surface area contributed by atoms with E-state index in [9.17, 15) is 8.42 Å². The minimum atomic E-state index is -3.58. The zero-order chi connectivity index (χ0) is 14.6. The zero-order valence-corrected chi connectivity index (χ0v) is 12.2. The van der Waals surface area contributed by atoms with Gasteiger partial charge in [0.25, 0.3) is 0 Å². The Morgan fingerprint density at radius 3 is 2.75 bits per heavy atom. The Kier molecular flexibility index (Phi) is 4.35. The molecule has 7 nitrogen and oxygen atoms in total. The molecule has 2 aromatic heterocycles. The molecule has 0 saturated heterocycles. The van der Waals surface area contributed by atoms with Crippen LogP contribution in [0.5, 0.6) is 0 Å². The number of hydrogen-bond acceptors (Lipinski definition) is 5. The quantitative estimate of drug-likeness (QED) is 0.804. The summed E-state index contributed by atoms with van der Waals surface area (Å²) in [6.45, 7) is 0.283. The fourth-order valence-corrected chi connectivity index (χ4v) is 3.00. The first kappa shape index (κ1) is 14.5. The van der Waals surface area contributed by atoms with Gasteiger partial charge in [0.2, 0.25) is 10.0 Å². The molecule has 0 bridgehead atoms. The van der Waals surface area contributed by atoms with Crippen LogP contribution in [0.4, 0.5) is 5.82 Å². The number of nitrogens with zero attached hydrogens (tertiary/aromatic N) is 3. The van der Waals surface area contributed by atoms with Crippen LogP contribution in [0.15, 0.2) is 35.6 Å². The molecule has 2 heterocycles. The fourth-order valence-electron chi connectivity index (χ4n) is 1.81. The highest BCUT2D eigenvalue weighted by atomic mass is 32.2. The molecule has 20 heavy (non-hydrogen) atoms. The molecule has 108 valence electrons. The predicted molar refractivity (Wildman–Crippen MR) is 75.9 cm³/mol. The van der Waals surface area contributed by atoms with Crippen molar-refractivity contribution in [3.8, 4) is 0 Å². The molecule has 0 saturated carbocycles. The van der Waals surface area contributed by atoms with Crippen LogP contribution in [0.25, 0.3) is 0 Å². The van der Waals surface area contributed by atoms with Crippen LogP contribution in [0.1, 0.15) is 5.82 Å². The van der Waals surface area contributed by atoms with Crippen molar-refractivity contribution in [1.29, 1.82) is 0 Å². The van der Waals surface area contributed by atoms with E-state index >= 15 is 0 Å². The average Bonchev–Trinajstić information content (AvgIpc) is 2.84. The highest BCUT2D eigenvalue weighted by Gasteiger charge is 2.18. The Morgan fingerprint density at radius 1 is 1.30 bits per heavy atom. The van der Waals surface area contributed by atoms with Crippen LogP contribution in [0.3, 0.4) is 0 Å². The van der Waals surface area contributed by atoms with Crippen LogP contribution in [-0.2, 0) is 23.5 Å². The lowest BCUT2D eigenvalue weighted by Crippen LogP contribution is -2.27. The van der Waals surface area contributed by atoms with Crippen molar-refractivity contribution >= 4 is 15.8 Å². The SMILES string of the molecule is CNc1ncccc1S(=O)(=O)NCCc1nccn1C. The van der Waals surface area contributed by atoms with E-state index in [0.29, 0.717) is 12.2 Å². The molecule has 2 aromatic rings. The maximum absolute atomic E-state index is 12.2. The summed E-state index contributed by atoms with van der Waals surface area (Å²) in [6.07, 6.45) is 5.57. The van der Waals surface area contributed by atoms with E-state index in [0.717, 1.165) is 5.82 Å². The minimum absolute atomic E-state index is 0.141. The summed E-state index contributed by atoms with van der Waals surface area (Å²) < 4.78 is 28.8. The summed E-state index contributed by atoms with van der Waals surface area (Å²) in [5.74, 6) is 1.16. The third-order valence-electron chi connectivity index (χ3n) is 2.86. The number of anilines is 1. The number of sulfonamides is 1. The molecule has 0 spiro atoms. The normalized spacial score (nSPS) is 11.5. The molecule has 0 aromatic carbocycles. The second-order valence-corrected chi connectivity index (χ2v) is 5.94. The molecular weight excluding hydrogens is 278 g/mol. The predicted octanol–water partition coefficient (Wildman–Crippen LogP) is 0.378. The van der Waals surface area contributed by atoms with Gasteiger partial charge in [0, 0.05) is 45.7 Å². The smallest absolute Gasteiger partial charge is 0.244 e. The van der Waals surface area contributed by atoms with Gasteiger partial charge in [-0.3, -0.25) is 0 Å². The molecule has 0 aliphatic rings. The van der Waals surface area contributed by atoms with Gasteiger partial charge >= 0.3 is 0 Å². The third kappa shape index (κ3) is 3.14. The Hall–Kier alpha value is -1.93. The van der Waals surface area contributed by atoms with E-state index in [1.807, 2.05) is 17.8 Å². The topological polar surface area (TPSA) is 88.9 Å². The standard InChI is InChI=1S/C12H17N5O2S/c1-13-12-10(4-3-6-15-12)20(18,19)16-7-5-11-14-8-9-17(11)2/h3-4,6,8-9,16H,5,7H2,1-2H3,(H,13,15). The van der Waals surface area contributed by atoms with Crippen molar-refractivity contribution in [2.24, 2.45) is 7.05 Å². The minimum Gasteiger partial charge on any atom is -0.372 e. The van der Waals surface area contributed by atoms with Crippen molar-refractivity contribution in [3.05, 3.63) is 36.5 Å². The van der Waals surface area contributed by atoms with Crippen molar-refractivity contribution in [2.75, 3.05) is 18.9 Å². The number of nitrogens with one attached hydrogen (secondary N) is 2. The van der Waals surface area contributed by atoms with E-state index in [4.69, 9.17) is 0 Å². The first-order valence-corrected chi connectivity index (χ1v) is 7.61. The maximum atomic E-state index is 12.2. The van der Waals surface area contributed by atoms with E-state index in [2.05, 4.69) is 20.0 Å². The molecule has 0 aliphatic heterocycles. The van der Waals surface area contributed by atoms with Gasteiger partial charge in [-0.25, -0.2) is 23.1 Å². The Labute approximate surface area is 118 Å². The van der Waals surface area contributed by atoms with Gasteiger partial charge in [-0.1, -0.05) is 0 Å².